The molecular weight excluding hydrogens is 210 g/mol. The van der Waals surface area contributed by atoms with Crippen LogP contribution < -0.4 is 5.73 Å². The van der Waals surface area contributed by atoms with E-state index in [1.807, 2.05) is 0 Å². The van der Waals surface area contributed by atoms with Gasteiger partial charge in [0.25, 0.3) is 0 Å². The molecule has 0 amide bonds. The summed E-state index contributed by atoms with van der Waals surface area (Å²) in [6.07, 6.45) is -0.673. The van der Waals surface area contributed by atoms with Crippen molar-refractivity contribution >= 4 is 23.9 Å². The van der Waals surface area contributed by atoms with Crippen LogP contribution in [0.2, 0.25) is 0 Å². The molecule has 0 aliphatic heterocycles. The molecule has 0 bridgehead atoms. The van der Waals surface area contributed by atoms with Gasteiger partial charge in [0.15, 0.2) is 0 Å². The number of esters is 2. The van der Waals surface area contributed by atoms with Crippen molar-refractivity contribution in [2.45, 2.75) is 18.9 Å². The number of carbonyl (C=O) groups excluding carboxylic acids is 2. The second-order valence-corrected chi connectivity index (χ2v) is 2.55. The molecular formula is C7H9NO7. The van der Waals surface area contributed by atoms with Crippen molar-refractivity contribution in [1.29, 1.82) is 0 Å². The topological polar surface area (TPSA) is 144 Å². The van der Waals surface area contributed by atoms with E-state index in [2.05, 4.69) is 4.74 Å². The Labute approximate surface area is 83.6 Å². The molecule has 8 heteroatoms. The lowest BCUT2D eigenvalue weighted by Gasteiger charge is -2.04. The second-order valence-electron chi connectivity index (χ2n) is 2.55. The zero-order valence-corrected chi connectivity index (χ0v) is 7.50. The Morgan fingerprint density at radius 2 is 1.73 bits per heavy atom. The lowest BCUT2D eigenvalue weighted by Crippen LogP contribution is -2.31. The Morgan fingerprint density at radius 3 is 2.13 bits per heavy atom. The smallest absolute Gasteiger partial charge is 0.424 e. The van der Waals surface area contributed by atoms with Crippen LogP contribution in [0.4, 0.5) is 0 Å². The van der Waals surface area contributed by atoms with Gasteiger partial charge in [0.1, 0.15) is 6.04 Å². The molecule has 0 radical (unpaired) electrons. The molecule has 0 heterocycles. The molecule has 0 aromatic rings. The van der Waals surface area contributed by atoms with Gasteiger partial charge >= 0.3 is 23.9 Å². The van der Waals surface area contributed by atoms with Gasteiger partial charge in [-0.2, -0.15) is 0 Å². The van der Waals surface area contributed by atoms with E-state index in [1.54, 1.807) is 0 Å². The van der Waals surface area contributed by atoms with E-state index in [0.717, 1.165) is 0 Å². The first-order valence-corrected chi connectivity index (χ1v) is 3.81. The van der Waals surface area contributed by atoms with Crippen molar-refractivity contribution in [1.82, 2.24) is 0 Å². The van der Waals surface area contributed by atoms with Crippen LogP contribution >= 0.6 is 0 Å². The Bertz CT molecular complexity index is 298. The molecule has 0 saturated carbocycles. The van der Waals surface area contributed by atoms with Crippen LogP contribution in [0.25, 0.3) is 0 Å². The van der Waals surface area contributed by atoms with Crippen LogP contribution in [0, 0.1) is 0 Å². The van der Waals surface area contributed by atoms with Crippen molar-refractivity contribution in [3.8, 4) is 0 Å². The van der Waals surface area contributed by atoms with E-state index in [9.17, 15) is 19.2 Å². The first kappa shape index (κ1) is 13.0. The van der Waals surface area contributed by atoms with E-state index in [-0.39, 0.29) is 6.42 Å². The first-order valence-electron chi connectivity index (χ1n) is 3.81. The summed E-state index contributed by atoms with van der Waals surface area (Å²) in [5, 5.41) is 16.4. The molecule has 0 aromatic heterocycles. The highest BCUT2D eigenvalue weighted by Gasteiger charge is 2.19. The van der Waals surface area contributed by atoms with E-state index in [4.69, 9.17) is 15.9 Å². The summed E-state index contributed by atoms with van der Waals surface area (Å²) >= 11 is 0. The fourth-order valence-corrected chi connectivity index (χ4v) is 0.595. The van der Waals surface area contributed by atoms with Crippen LogP contribution in [0.1, 0.15) is 12.8 Å². The number of ether oxygens (including phenoxy) is 1. The van der Waals surface area contributed by atoms with Gasteiger partial charge in [0, 0.05) is 6.42 Å². The minimum atomic E-state index is -1.90. The van der Waals surface area contributed by atoms with Gasteiger partial charge < -0.3 is 20.7 Å². The number of carboxylic acids is 2. The standard InChI is InChI=1S/C7H9NO7/c8-3(5(10)11)1-2-4(9)15-7(14)6(12)13/h3H,1-2,8H2,(H,10,11)(H,12,13)/t3-/m0/s1. The number of rotatable bonds is 4. The molecule has 4 N–H and O–H groups in total. The number of hydrogen-bond acceptors (Lipinski definition) is 6. The van der Waals surface area contributed by atoms with Crippen molar-refractivity contribution < 1.29 is 34.1 Å². The first-order chi connectivity index (χ1) is 6.84. The van der Waals surface area contributed by atoms with Crippen LogP contribution in [0.15, 0.2) is 0 Å². The van der Waals surface area contributed by atoms with Crippen molar-refractivity contribution in [2.75, 3.05) is 0 Å². The summed E-state index contributed by atoms with van der Waals surface area (Å²) < 4.78 is 3.82. The lowest BCUT2D eigenvalue weighted by atomic mass is 10.2. The number of carboxylic acid groups (broad SMARTS) is 2. The van der Waals surface area contributed by atoms with Crippen molar-refractivity contribution in [2.24, 2.45) is 5.73 Å². The highest BCUT2D eigenvalue weighted by molar-refractivity contribution is 6.30. The van der Waals surface area contributed by atoms with Gasteiger partial charge in [-0.25, -0.2) is 9.59 Å². The molecule has 0 unspecified atom stereocenters. The molecule has 1 atom stereocenters. The molecule has 0 aliphatic carbocycles. The quantitative estimate of drug-likeness (QED) is 0.289. The summed E-state index contributed by atoms with van der Waals surface area (Å²) in [6.45, 7) is 0. The second kappa shape index (κ2) is 5.70. The SMILES string of the molecule is N[C@@H](CCC(=O)OC(=O)C(=O)O)C(=O)O. The van der Waals surface area contributed by atoms with E-state index in [1.165, 1.54) is 0 Å². The molecule has 8 nitrogen and oxygen atoms in total. The largest absolute Gasteiger partial charge is 0.480 e. The van der Waals surface area contributed by atoms with Crippen molar-refractivity contribution in [3.05, 3.63) is 0 Å². The predicted octanol–water partition coefficient (Wildman–Crippen LogP) is -1.67. The molecule has 0 rings (SSSR count). The molecule has 0 aromatic carbocycles. The van der Waals surface area contributed by atoms with Crippen LogP contribution in [0.5, 0.6) is 0 Å². The van der Waals surface area contributed by atoms with Gasteiger partial charge in [-0.3, -0.25) is 9.59 Å². The van der Waals surface area contributed by atoms with Gasteiger partial charge in [-0.15, -0.1) is 0 Å². The highest BCUT2D eigenvalue weighted by Crippen LogP contribution is 1.97. The highest BCUT2D eigenvalue weighted by atomic mass is 16.6. The summed E-state index contributed by atoms with van der Waals surface area (Å²) in [5.41, 5.74) is 5.05. The summed E-state index contributed by atoms with van der Waals surface area (Å²) in [6, 6.07) is -1.25. The van der Waals surface area contributed by atoms with Crippen LogP contribution in [-0.4, -0.2) is 40.1 Å². The lowest BCUT2D eigenvalue weighted by molar-refractivity contribution is -0.170. The zero-order valence-electron chi connectivity index (χ0n) is 7.50. The number of carbonyl (C=O) groups is 4. The zero-order chi connectivity index (χ0) is 12.0. The van der Waals surface area contributed by atoms with E-state index in [0.29, 0.717) is 0 Å². The van der Waals surface area contributed by atoms with Gasteiger partial charge in [0.05, 0.1) is 0 Å². The van der Waals surface area contributed by atoms with Gasteiger partial charge in [0.2, 0.25) is 0 Å². The Balaban J connectivity index is 3.91. The van der Waals surface area contributed by atoms with Crippen LogP contribution in [-0.2, 0) is 23.9 Å². The number of hydrogen-bond donors (Lipinski definition) is 3. The molecule has 15 heavy (non-hydrogen) atoms. The van der Waals surface area contributed by atoms with Gasteiger partial charge in [-0.1, -0.05) is 0 Å². The normalized spacial score (nSPS) is 11.5. The summed E-state index contributed by atoms with van der Waals surface area (Å²) in [7, 11) is 0. The third-order valence-corrected chi connectivity index (χ3v) is 1.36. The van der Waals surface area contributed by atoms with E-state index < -0.39 is 36.3 Å². The van der Waals surface area contributed by atoms with Gasteiger partial charge in [-0.05, 0) is 6.42 Å². The average molecular weight is 219 g/mol. The van der Waals surface area contributed by atoms with E-state index >= 15 is 0 Å². The maximum absolute atomic E-state index is 10.7. The monoisotopic (exact) mass is 219 g/mol. The number of nitrogens with two attached hydrogens (primary N) is 1. The predicted molar refractivity (Wildman–Crippen MR) is 43.6 cm³/mol. The van der Waals surface area contributed by atoms with Crippen molar-refractivity contribution in [3.63, 3.8) is 0 Å². The molecule has 0 saturated heterocycles. The minimum absolute atomic E-state index is 0.235. The molecule has 0 aliphatic rings. The fraction of sp³-hybridized carbons (Fsp3) is 0.429. The Morgan fingerprint density at radius 1 is 1.20 bits per heavy atom. The maximum atomic E-state index is 10.7. The third-order valence-electron chi connectivity index (χ3n) is 1.36. The summed E-state index contributed by atoms with van der Waals surface area (Å²) in [5.74, 6) is -6.03. The third kappa shape index (κ3) is 5.37. The molecule has 84 valence electrons. The molecule has 0 spiro atoms. The summed E-state index contributed by atoms with van der Waals surface area (Å²) in [4.78, 5) is 41.2. The van der Waals surface area contributed by atoms with Crippen LogP contribution in [0.3, 0.4) is 0 Å². The number of aliphatic carboxylic acids is 2. The average Bonchev–Trinajstić information content (AvgIpc) is 2.13. The Hall–Kier alpha value is -1.96. The fourth-order valence-electron chi connectivity index (χ4n) is 0.595. The Kier molecular flexibility index (Phi) is 4.96. The maximum Gasteiger partial charge on any atom is 0.424 e. The minimum Gasteiger partial charge on any atom is -0.480 e. The molecule has 0 fully saturated rings.